The predicted molar refractivity (Wildman–Crippen MR) is 95.5 cm³/mol. The molecule has 1 aliphatic rings. The number of carbonyl (C=O) groups excluding carboxylic acids is 1. The van der Waals surface area contributed by atoms with Crippen LogP contribution in [0.25, 0.3) is 0 Å². The Hall–Kier alpha value is -1.85. The van der Waals surface area contributed by atoms with Crippen LogP contribution < -0.4 is 10.1 Å². The Labute approximate surface area is 161 Å². The summed E-state index contributed by atoms with van der Waals surface area (Å²) in [7, 11) is -2.60. The van der Waals surface area contributed by atoms with Gasteiger partial charge in [-0.25, -0.2) is 8.42 Å². The highest BCUT2D eigenvalue weighted by Gasteiger charge is 2.51. The first-order chi connectivity index (χ1) is 12.9. The van der Waals surface area contributed by atoms with E-state index in [0.29, 0.717) is 20.0 Å². The number of ether oxygens (including phenoxy) is 1. The van der Waals surface area contributed by atoms with Gasteiger partial charge in [-0.15, -0.1) is 0 Å². The lowest BCUT2D eigenvalue weighted by molar-refractivity contribution is -0.252. The van der Waals surface area contributed by atoms with Crippen molar-refractivity contribution in [2.75, 3.05) is 25.5 Å². The molecule has 7 nitrogen and oxygen atoms in total. The topological polar surface area (TPSA) is 95.9 Å². The van der Waals surface area contributed by atoms with Crippen LogP contribution in [0.4, 0.5) is 18.9 Å². The molecule has 0 radical (unpaired) electrons. The number of alkyl halides is 3. The zero-order chi connectivity index (χ0) is 21.2. The van der Waals surface area contributed by atoms with Gasteiger partial charge in [0.05, 0.1) is 13.5 Å². The number of carbonyl (C=O) groups is 1. The van der Waals surface area contributed by atoms with Crippen LogP contribution in [0.2, 0.25) is 0 Å². The smallest absolute Gasteiger partial charge is 0.417 e. The molecule has 0 saturated carbocycles. The van der Waals surface area contributed by atoms with Gasteiger partial charge in [-0.3, -0.25) is 4.79 Å². The summed E-state index contributed by atoms with van der Waals surface area (Å²) in [5.41, 5.74) is -3.22. The van der Waals surface area contributed by atoms with Crippen molar-refractivity contribution in [2.45, 2.75) is 49.3 Å². The quantitative estimate of drug-likeness (QED) is 0.732. The summed E-state index contributed by atoms with van der Waals surface area (Å²) in [6, 6.07) is 3.77. The van der Waals surface area contributed by atoms with Gasteiger partial charge in [-0.05, 0) is 38.0 Å². The minimum absolute atomic E-state index is 0.0145. The van der Waals surface area contributed by atoms with E-state index < -0.39 is 34.1 Å². The third-order valence-electron chi connectivity index (χ3n) is 4.50. The molecule has 28 heavy (non-hydrogen) atoms. The molecule has 11 heteroatoms. The first-order valence-electron chi connectivity index (χ1n) is 8.65. The number of aliphatic hydroxyl groups is 1. The fraction of sp³-hybridized carbons (Fsp3) is 0.588. The summed E-state index contributed by atoms with van der Waals surface area (Å²) in [6.45, 7) is 1.21. The molecule has 0 unspecified atom stereocenters. The van der Waals surface area contributed by atoms with Gasteiger partial charge in [0.2, 0.25) is 15.9 Å². The van der Waals surface area contributed by atoms with Crippen molar-refractivity contribution in [3.05, 3.63) is 18.2 Å². The van der Waals surface area contributed by atoms with Crippen LogP contribution in [0.3, 0.4) is 0 Å². The summed E-state index contributed by atoms with van der Waals surface area (Å²) in [6.07, 6.45) is -3.82. The molecule has 0 spiro atoms. The van der Waals surface area contributed by atoms with E-state index in [0.717, 1.165) is 25.3 Å². The lowest BCUT2D eigenvalue weighted by Gasteiger charge is -2.27. The second-order valence-corrected chi connectivity index (χ2v) is 8.73. The zero-order valence-corrected chi connectivity index (χ0v) is 16.4. The van der Waals surface area contributed by atoms with E-state index in [-0.39, 0.29) is 16.3 Å². The highest BCUT2D eigenvalue weighted by molar-refractivity contribution is 7.89. The van der Waals surface area contributed by atoms with Crippen LogP contribution in [-0.2, 0) is 14.8 Å². The lowest BCUT2D eigenvalue weighted by atomic mass is 10.0. The molecule has 2 N–H and O–H groups in total. The Kier molecular flexibility index (Phi) is 6.62. The molecule has 1 fully saturated rings. The van der Waals surface area contributed by atoms with Crippen LogP contribution >= 0.6 is 0 Å². The summed E-state index contributed by atoms with van der Waals surface area (Å²) in [5.74, 6) is -1.04. The zero-order valence-electron chi connectivity index (χ0n) is 15.5. The molecule has 0 bridgehead atoms. The highest BCUT2D eigenvalue weighted by Crippen LogP contribution is 2.34. The van der Waals surface area contributed by atoms with Gasteiger partial charge in [0.25, 0.3) is 0 Å². The number of hydrogen-bond acceptors (Lipinski definition) is 5. The van der Waals surface area contributed by atoms with Gasteiger partial charge < -0.3 is 15.2 Å². The summed E-state index contributed by atoms with van der Waals surface area (Å²) < 4.78 is 70.4. The van der Waals surface area contributed by atoms with Gasteiger partial charge in [-0.1, -0.05) is 6.42 Å². The summed E-state index contributed by atoms with van der Waals surface area (Å²) in [5, 5.41) is 11.6. The molecular weight excluding hydrogens is 401 g/mol. The molecule has 1 atom stereocenters. The van der Waals surface area contributed by atoms with E-state index >= 15 is 0 Å². The Morgan fingerprint density at radius 1 is 1.25 bits per heavy atom. The number of anilines is 1. The molecule has 2 rings (SSSR count). The Balaban J connectivity index is 2.26. The average Bonchev–Trinajstić information content (AvgIpc) is 2.61. The summed E-state index contributed by atoms with van der Waals surface area (Å²) in [4.78, 5) is 11.7. The van der Waals surface area contributed by atoms with Crippen molar-refractivity contribution in [1.82, 2.24) is 4.31 Å². The molecular formula is C17H23F3N2O5S. The van der Waals surface area contributed by atoms with Crippen LogP contribution in [-0.4, -0.2) is 55.7 Å². The third-order valence-corrected chi connectivity index (χ3v) is 6.42. The van der Waals surface area contributed by atoms with Crippen LogP contribution in [0.15, 0.2) is 23.1 Å². The molecule has 1 amide bonds. The number of methoxy groups -OCH3 is 1. The molecule has 1 aliphatic heterocycles. The second-order valence-electron chi connectivity index (χ2n) is 6.83. The van der Waals surface area contributed by atoms with E-state index in [1.54, 1.807) is 0 Å². The number of amides is 1. The molecule has 158 valence electrons. The van der Waals surface area contributed by atoms with Gasteiger partial charge in [0, 0.05) is 18.8 Å². The van der Waals surface area contributed by atoms with Crippen LogP contribution in [0.5, 0.6) is 5.75 Å². The number of benzene rings is 1. The number of hydrogen-bond donors (Lipinski definition) is 2. The fourth-order valence-corrected chi connectivity index (χ4v) is 4.52. The largest absolute Gasteiger partial charge is 0.495 e. The van der Waals surface area contributed by atoms with Crippen LogP contribution in [0, 0.1) is 0 Å². The Morgan fingerprint density at radius 2 is 1.86 bits per heavy atom. The van der Waals surface area contributed by atoms with E-state index in [9.17, 15) is 31.5 Å². The SMILES string of the molecule is COc1ccc(NC(=O)C[C@](C)(O)C(F)(F)F)cc1S(=O)(=O)N1CCCCC1. The van der Waals surface area contributed by atoms with E-state index in [2.05, 4.69) is 5.32 Å². The minimum atomic E-state index is -4.98. The Morgan fingerprint density at radius 3 is 2.39 bits per heavy atom. The van der Waals surface area contributed by atoms with E-state index in [1.165, 1.54) is 23.5 Å². The highest BCUT2D eigenvalue weighted by atomic mass is 32.2. The maximum atomic E-state index is 12.9. The van der Waals surface area contributed by atoms with Gasteiger partial charge in [-0.2, -0.15) is 17.5 Å². The monoisotopic (exact) mass is 424 g/mol. The lowest BCUT2D eigenvalue weighted by Crippen LogP contribution is -2.44. The van der Waals surface area contributed by atoms with Crippen molar-refractivity contribution in [1.29, 1.82) is 0 Å². The second kappa shape index (κ2) is 8.26. The Bertz CT molecular complexity index is 819. The molecule has 0 aromatic heterocycles. The number of rotatable bonds is 6. The van der Waals surface area contributed by atoms with Crippen molar-refractivity contribution < 1.29 is 36.2 Å². The molecule has 1 saturated heterocycles. The standard InChI is InChI=1S/C17H23F3N2O5S/c1-16(24,17(18,19)20)11-15(23)21-12-6-7-13(27-2)14(10-12)28(25,26)22-8-4-3-5-9-22/h6-7,10,24H,3-5,8-9,11H2,1-2H3,(H,21,23)/t16-/m0/s1. The third kappa shape index (κ3) is 4.95. The number of piperidine rings is 1. The van der Waals surface area contributed by atoms with E-state index in [4.69, 9.17) is 4.74 Å². The normalized spacial score (nSPS) is 18.4. The number of nitrogens with zero attached hydrogens (tertiary/aromatic N) is 1. The van der Waals surface area contributed by atoms with Crippen LogP contribution in [0.1, 0.15) is 32.6 Å². The first-order valence-corrected chi connectivity index (χ1v) is 10.1. The molecule has 0 aliphatic carbocycles. The summed E-state index contributed by atoms with van der Waals surface area (Å²) >= 11 is 0. The first kappa shape index (κ1) is 22.4. The number of nitrogens with one attached hydrogen (secondary N) is 1. The maximum Gasteiger partial charge on any atom is 0.417 e. The molecule has 1 heterocycles. The van der Waals surface area contributed by atoms with Crippen molar-refractivity contribution in [3.63, 3.8) is 0 Å². The van der Waals surface area contributed by atoms with Gasteiger partial charge in [0.15, 0.2) is 5.60 Å². The number of halogens is 3. The fourth-order valence-electron chi connectivity index (χ4n) is 2.82. The average molecular weight is 424 g/mol. The van der Waals surface area contributed by atoms with Crippen molar-refractivity contribution in [3.8, 4) is 5.75 Å². The predicted octanol–water partition coefficient (Wildman–Crippen LogP) is 2.51. The maximum absolute atomic E-state index is 12.9. The van der Waals surface area contributed by atoms with Crippen molar-refractivity contribution >= 4 is 21.6 Å². The molecule has 1 aromatic rings. The van der Waals surface area contributed by atoms with Gasteiger partial charge >= 0.3 is 6.18 Å². The van der Waals surface area contributed by atoms with Gasteiger partial charge in [0.1, 0.15) is 10.6 Å². The molecule has 1 aromatic carbocycles. The number of sulfonamides is 1. The van der Waals surface area contributed by atoms with E-state index in [1.807, 2.05) is 0 Å². The van der Waals surface area contributed by atoms with Crippen molar-refractivity contribution in [2.24, 2.45) is 0 Å². The minimum Gasteiger partial charge on any atom is -0.495 e.